The van der Waals surface area contributed by atoms with Gasteiger partial charge < -0.3 is 9.64 Å². The SMILES string of the molecule is COc1ccc([C@H]2C(=O)N(c3ccccc3)C(=S)N2C)cc1. The topological polar surface area (TPSA) is 32.8 Å². The third-order valence-electron chi connectivity index (χ3n) is 3.78. The number of thiocarbonyl (C=S) groups is 1. The van der Waals surface area contributed by atoms with Crippen LogP contribution in [0.2, 0.25) is 0 Å². The number of hydrogen-bond donors (Lipinski definition) is 0. The molecule has 0 spiro atoms. The van der Waals surface area contributed by atoms with Crippen molar-refractivity contribution < 1.29 is 9.53 Å². The van der Waals surface area contributed by atoms with Gasteiger partial charge in [0.1, 0.15) is 11.8 Å². The van der Waals surface area contributed by atoms with Gasteiger partial charge in [0.15, 0.2) is 5.11 Å². The largest absolute Gasteiger partial charge is 0.497 e. The van der Waals surface area contributed by atoms with Crippen molar-refractivity contribution >= 4 is 28.9 Å². The summed E-state index contributed by atoms with van der Waals surface area (Å²) in [4.78, 5) is 16.3. The summed E-state index contributed by atoms with van der Waals surface area (Å²) in [5.74, 6) is 0.725. The molecule has 22 heavy (non-hydrogen) atoms. The van der Waals surface area contributed by atoms with Gasteiger partial charge in [0, 0.05) is 7.05 Å². The molecule has 112 valence electrons. The molecule has 0 unspecified atom stereocenters. The average molecular weight is 312 g/mol. The predicted molar refractivity (Wildman–Crippen MR) is 90.0 cm³/mol. The number of benzene rings is 2. The summed E-state index contributed by atoms with van der Waals surface area (Å²) in [7, 11) is 3.46. The molecule has 4 nitrogen and oxygen atoms in total. The van der Waals surface area contributed by atoms with Crippen molar-refractivity contribution in [3.05, 3.63) is 60.2 Å². The van der Waals surface area contributed by atoms with Crippen molar-refractivity contribution in [2.45, 2.75) is 6.04 Å². The molecule has 5 heteroatoms. The number of ether oxygens (including phenoxy) is 1. The fourth-order valence-corrected chi connectivity index (χ4v) is 2.92. The molecule has 2 aromatic rings. The summed E-state index contributed by atoms with van der Waals surface area (Å²) in [6.45, 7) is 0. The molecule has 0 radical (unpaired) electrons. The van der Waals surface area contributed by atoms with Crippen LogP contribution in [-0.2, 0) is 4.79 Å². The lowest BCUT2D eigenvalue weighted by Crippen LogP contribution is -2.30. The number of nitrogens with zero attached hydrogens (tertiary/aromatic N) is 2. The number of para-hydroxylation sites is 1. The van der Waals surface area contributed by atoms with Crippen LogP contribution in [0, 0.1) is 0 Å². The summed E-state index contributed by atoms with van der Waals surface area (Å²) in [6, 6.07) is 16.6. The number of rotatable bonds is 3. The zero-order valence-corrected chi connectivity index (χ0v) is 13.2. The first kappa shape index (κ1) is 14.5. The van der Waals surface area contributed by atoms with Crippen LogP contribution in [0.4, 0.5) is 5.69 Å². The van der Waals surface area contributed by atoms with Crippen LogP contribution in [0.5, 0.6) is 5.75 Å². The van der Waals surface area contributed by atoms with E-state index in [-0.39, 0.29) is 5.91 Å². The van der Waals surface area contributed by atoms with E-state index in [0.29, 0.717) is 5.11 Å². The monoisotopic (exact) mass is 312 g/mol. The maximum absolute atomic E-state index is 12.8. The van der Waals surface area contributed by atoms with Crippen LogP contribution >= 0.6 is 12.2 Å². The molecule has 1 amide bonds. The van der Waals surface area contributed by atoms with Gasteiger partial charge in [-0.05, 0) is 42.0 Å². The van der Waals surface area contributed by atoms with Gasteiger partial charge in [0.2, 0.25) is 0 Å². The van der Waals surface area contributed by atoms with E-state index in [1.54, 1.807) is 12.0 Å². The molecule has 1 fully saturated rings. The summed E-state index contributed by atoms with van der Waals surface area (Å²) >= 11 is 5.45. The minimum atomic E-state index is -0.404. The van der Waals surface area contributed by atoms with Crippen molar-refractivity contribution in [2.75, 3.05) is 19.1 Å². The van der Waals surface area contributed by atoms with E-state index >= 15 is 0 Å². The van der Waals surface area contributed by atoms with Crippen molar-refractivity contribution in [1.29, 1.82) is 0 Å². The molecule has 0 N–H and O–H groups in total. The second-order valence-corrected chi connectivity index (χ2v) is 5.44. The number of hydrogen-bond acceptors (Lipinski definition) is 3. The fourth-order valence-electron chi connectivity index (χ4n) is 2.62. The Labute approximate surface area is 134 Å². The van der Waals surface area contributed by atoms with E-state index in [0.717, 1.165) is 17.0 Å². The van der Waals surface area contributed by atoms with Crippen molar-refractivity contribution in [3.8, 4) is 5.75 Å². The fraction of sp³-hybridized carbons (Fsp3) is 0.176. The van der Waals surface area contributed by atoms with E-state index in [1.165, 1.54) is 0 Å². The number of amides is 1. The van der Waals surface area contributed by atoms with Gasteiger partial charge in [-0.15, -0.1) is 0 Å². The molecule has 0 aliphatic carbocycles. The van der Waals surface area contributed by atoms with E-state index in [4.69, 9.17) is 17.0 Å². The summed E-state index contributed by atoms with van der Waals surface area (Å²) < 4.78 is 5.16. The Morgan fingerprint density at radius 3 is 2.27 bits per heavy atom. The normalized spacial score (nSPS) is 18.0. The van der Waals surface area contributed by atoms with Crippen molar-refractivity contribution in [3.63, 3.8) is 0 Å². The minimum Gasteiger partial charge on any atom is -0.497 e. The van der Waals surface area contributed by atoms with E-state index in [9.17, 15) is 4.79 Å². The highest BCUT2D eigenvalue weighted by molar-refractivity contribution is 7.80. The lowest BCUT2D eigenvalue weighted by molar-refractivity contribution is -0.119. The second-order valence-electron chi connectivity index (χ2n) is 5.08. The number of carbonyl (C=O) groups excluding carboxylic acids is 1. The van der Waals surface area contributed by atoms with E-state index in [1.807, 2.05) is 66.5 Å². The maximum atomic E-state index is 12.8. The Bertz CT molecular complexity index is 700. The number of likely N-dealkylation sites (N-methyl/N-ethyl adjacent to an activating group) is 1. The van der Waals surface area contributed by atoms with Crippen molar-refractivity contribution in [1.82, 2.24) is 4.90 Å². The number of carbonyl (C=O) groups is 1. The first-order valence-corrected chi connectivity index (χ1v) is 7.34. The second kappa shape index (κ2) is 5.77. The van der Waals surface area contributed by atoms with Gasteiger partial charge in [-0.3, -0.25) is 9.69 Å². The van der Waals surface area contributed by atoms with Gasteiger partial charge in [0.25, 0.3) is 5.91 Å². The number of methoxy groups -OCH3 is 1. The maximum Gasteiger partial charge on any atom is 0.260 e. The van der Waals surface area contributed by atoms with Crippen LogP contribution in [0.15, 0.2) is 54.6 Å². The molecular formula is C17H16N2O2S. The van der Waals surface area contributed by atoms with Crippen LogP contribution < -0.4 is 9.64 Å². The van der Waals surface area contributed by atoms with E-state index in [2.05, 4.69) is 0 Å². The standard InChI is InChI=1S/C17H16N2O2S/c1-18-15(12-8-10-14(21-2)11-9-12)16(20)19(17(18)22)13-6-4-3-5-7-13/h3-11,15H,1-2H3/t15-/m0/s1. The predicted octanol–water partition coefficient (Wildman–Crippen LogP) is 3.00. The zero-order chi connectivity index (χ0) is 15.7. The van der Waals surface area contributed by atoms with Gasteiger partial charge in [-0.2, -0.15) is 0 Å². The highest BCUT2D eigenvalue weighted by Crippen LogP contribution is 2.33. The average Bonchev–Trinajstić information content (AvgIpc) is 2.78. The van der Waals surface area contributed by atoms with Crippen LogP contribution in [0.3, 0.4) is 0 Å². The molecule has 1 aliphatic rings. The molecule has 1 heterocycles. The van der Waals surface area contributed by atoms with Gasteiger partial charge in [-0.25, -0.2) is 0 Å². The Morgan fingerprint density at radius 1 is 1.05 bits per heavy atom. The Hall–Kier alpha value is -2.40. The molecule has 2 aromatic carbocycles. The zero-order valence-electron chi connectivity index (χ0n) is 12.4. The molecule has 3 rings (SSSR count). The third kappa shape index (κ3) is 2.33. The smallest absolute Gasteiger partial charge is 0.260 e. The van der Waals surface area contributed by atoms with Crippen LogP contribution in [0.25, 0.3) is 0 Å². The molecule has 0 saturated carbocycles. The molecule has 1 atom stereocenters. The van der Waals surface area contributed by atoms with Crippen LogP contribution in [0.1, 0.15) is 11.6 Å². The Morgan fingerprint density at radius 2 is 1.68 bits per heavy atom. The highest BCUT2D eigenvalue weighted by atomic mass is 32.1. The lowest BCUT2D eigenvalue weighted by Gasteiger charge is -2.18. The molecule has 0 aromatic heterocycles. The number of anilines is 1. The first-order chi connectivity index (χ1) is 10.6. The first-order valence-electron chi connectivity index (χ1n) is 6.93. The quantitative estimate of drug-likeness (QED) is 0.816. The highest BCUT2D eigenvalue weighted by Gasteiger charge is 2.41. The molecule has 1 saturated heterocycles. The van der Waals surface area contributed by atoms with Gasteiger partial charge in [-0.1, -0.05) is 30.3 Å². The third-order valence-corrected chi connectivity index (χ3v) is 4.25. The summed E-state index contributed by atoms with van der Waals surface area (Å²) in [5, 5.41) is 0.511. The minimum absolute atomic E-state index is 0.0381. The summed E-state index contributed by atoms with van der Waals surface area (Å²) in [6.07, 6.45) is 0. The molecular weight excluding hydrogens is 296 g/mol. The summed E-state index contributed by atoms with van der Waals surface area (Å²) in [5.41, 5.74) is 1.69. The van der Waals surface area contributed by atoms with Gasteiger partial charge in [0.05, 0.1) is 12.8 Å². The molecule has 0 bridgehead atoms. The lowest BCUT2D eigenvalue weighted by atomic mass is 10.1. The van der Waals surface area contributed by atoms with E-state index < -0.39 is 6.04 Å². The van der Waals surface area contributed by atoms with Gasteiger partial charge >= 0.3 is 0 Å². The van der Waals surface area contributed by atoms with Crippen LogP contribution in [-0.4, -0.2) is 30.1 Å². The van der Waals surface area contributed by atoms with Crippen molar-refractivity contribution in [2.24, 2.45) is 0 Å². The Balaban J connectivity index is 1.96. The Kier molecular flexibility index (Phi) is 3.81. The molecule has 1 aliphatic heterocycles.